The summed E-state index contributed by atoms with van der Waals surface area (Å²) in [6.07, 6.45) is 5.82. The van der Waals surface area contributed by atoms with E-state index in [-0.39, 0.29) is 18.4 Å². The number of allylic oxidation sites excluding steroid dienone is 1. The molecule has 0 saturated heterocycles. The number of rotatable bonds is 7. The van der Waals surface area contributed by atoms with Crippen LogP contribution in [0.5, 0.6) is 11.6 Å². The van der Waals surface area contributed by atoms with Crippen molar-refractivity contribution in [2.24, 2.45) is 10.9 Å². The summed E-state index contributed by atoms with van der Waals surface area (Å²) in [4.78, 5) is 9.71. The van der Waals surface area contributed by atoms with Crippen molar-refractivity contribution in [3.05, 3.63) is 65.9 Å². The molecule has 0 fully saturated rings. The summed E-state index contributed by atoms with van der Waals surface area (Å²) >= 11 is 0. The molecule has 148 valence electrons. The number of halogens is 1. The van der Waals surface area contributed by atoms with Gasteiger partial charge in [0.2, 0.25) is 0 Å². The number of aliphatic hydroxyl groups excluding tert-OH is 1. The summed E-state index contributed by atoms with van der Waals surface area (Å²) in [5, 5.41) is 21.4. The van der Waals surface area contributed by atoms with Crippen molar-refractivity contribution < 1.29 is 14.2 Å². The molecule has 0 saturated carbocycles. The van der Waals surface area contributed by atoms with Crippen molar-refractivity contribution in [3.8, 4) is 17.3 Å². The third-order valence-corrected chi connectivity index (χ3v) is 4.33. The van der Waals surface area contributed by atoms with Gasteiger partial charge in [-0.05, 0) is 47.5 Å². The number of aliphatic imine (C=N–C) groups is 1. The molecule has 9 heteroatoms. The van der Waals surface area contributed by atoms with Gasteiger partial charge in [0.15, 0.2) is 11.6 Å². The highest BCUT2D eigenvalue weighted by molar-refractivity contribution is 6.09. The zero-order chi connectivity index (χ0) is 20.2. The number of hydrogen-bond donors (Lipinski definition) is 1. The van der Waals surface area contributed by atoms with Crippen LogP contribution in [0.25, 0.3) is 5.69 Å². The molecule has 2 aromatic heterocycles. The van der Waals surface area contributed by atoms with E-state index >= 15 is 0 Å². The van der Waals surface area contributed by atoms with Gasteiger partial charge in [-0.15, -0.1) is 15.0 Å². The monoisotopic (exact) mass is 394 g/mol. The Morgan fingerprint density at radius 2 is 2.10 bits per heavy atom. The minimum Gasteiger partial charge on any atom is -0.436 e. The van der Waals surface area contributed by atoms with Crippen LogP contribution in [0.3, 0.4) is 0 Å². The van der Waals surface area contributed by atoms with E-state index in [2.05, 4.69) is 25.4 Å². The molecule has 0 amide bonds. The maximum Gasteiger partial charge on any atom is 0.255 e. The van der Waals surface area contributed by atoms with Crippen molar-refractivity contribution in [1.29, 1.82) is 0 Å². The lowest BCUT2D eigenvalue weighted by atomic mass is 10.1. The van der Waals surface area contributed by atoms with Crippen LogP contribution in [-0.2, 0) is 6.42 Å². The quantitative estimate of drug-likeness (QED) is 0.661. The van der Waals surface area contributed by atoms with Crippen molar-refractivity contribution in [2.75, 3.05) is 13.2 Å². The fourth-order valence-corrected chi connectivity index (χ4v) is 2.77. The van der Waals surface area contributed by atoms with Crippen molar-refractivity contribution in [2.45, 2.75) is 13.3 Å². The maximum absolute atomic E-state index is 14.4. The number of ether oxygens (including phenoxy) is 1. The second kappa shape index (κ2) is 8.27. The highest BCUT2D eigenvalue weighted by Gasteiger charge is 2.12. The van der Waals surface area contributed by atoms with E-state index in [1.807, 2.05) is 19.1 Å². The molecule has 4 rings (SSSR count). The highest BCUT2D eigenvalue weighted by atomic mass is 19.1. The minimum atomic E-state index is -0.560. The fraction of sp³-hybridized carbons (Fsp3) is 0.250. The number of aromatic nitrogens is 5. The van der Waals surface area contributed by atoms with Crippen molar-refractivity contribution in [1.82, 2.24) is 25.2 Å². The molecule has 0 spiro atoms. The maximum atomic E-state index is 14.4. The average Bonchev–Trinajstić information content (AvgIpc) is 3.42. The van der Waals surface area contributed by atoms with Gasteiger partial charge in [0.25, 0.3) is 5.88 Å². The summed E-state index contributed by atoms with van der Waals surface area (Å²) in [6, 6.07) is 8.18. The molecule has 3 heterocycles. The molecule has 3 aromatic rings. The van der Waals surface area contributed by atoms with Crippen LogP contribution in [0.4, 0.5) is 4.39 Å². The van der Waals surface area contributed by atoms with Gasteiger partial charge in [-0.1, -0.05) is 13.0 Å². The molecule has 29 heavy (non-hydrogen) atoms. The van der Waals surface area contributed by atoms with Crippen LogP contribution < -0.4 is 4.74 Å². The fourth-order valence-electron chi connectivity index (χ4n) is 2.77. The van der Waals surface area contributed by atoms with Crippen LogP contribution in [0, 0.1) is 11.7 Å². The number of benzene rings is 1. The molecule has 1 aromatic carbocycles. The summed E-state index contributed by atoms with van der Waals surface area (Å²) in [7, 11) is 0. The minimum absolute atomic E-state index is 0.0639. The Hall–Kier alpha value is -3.46. The molecule has 0 unspecified atom stereocenters. The number of aliphatic hydroxyl groups is 1. The van der Waals surface area contributed by atoms with Gasteiger partial charge in [-0.3, -0.25) is 4.99 Å². The second-order valence-corrected chi connectivity index (χ2v) is 6.72. The van der Waals surface area contributed by atoms with Crippen molar-refractivity contribution in [3.63, 3.8) is 0 Å². The van der Waals surface area contributed by atoms with E-state index in [1.54, 1.807) is 24.3 Å². The Morgan fingerprint density at radius 1 is 1.28 bits per heavy atom. The molecular weight excluding hydrogens is 375 g/mol. The van der Waals surface area contributed by atoms with Gasteiger partial charge in [-0.25, -0.2) is 9.37 Å². The van der Waals surface area contributed by atoms with Gasteiger partial charge in [0.1, 0.15) is 5.75 Å². The van der Waals surface area contributed by atoms with Gasteiger partial charge < -0.3 is 9.84 Å². The summed E-state index contributed by atoms with van der Waals surface area (Å²) in [5.41, 5.74) is 2.01. The van der Waals surface area contributed by atoms with Gasteiger partial charge in [-0.2, -0.15) is 0 Å². The van der Waals surface area contributed by atoms with Crippen LogP contribution in [0.1, 0.15) is 18.3 Å². The third-order valence-electron chi connectivity index (χ3n) is 4.33. The smallest absolute Gasteiger partial charge is 0.255 e. The number of hydrogen-bond acceptors (Lipinski definition) is 7. The Morgan fingerprint density at radius 3 is 2.79 bits per heavy atom. The lowest BCUT2D eigenvalue weighted by Crippen LogP contribution is -2.06. The van der Waals surface area contributed by atoms with E-state index in [9.17, 15) is 4.39 Å². The topological polar surface area (TPSA) is 98.3 Å². The normalized spacial score (nSPS) is 14.1. The first kappa shape index (κ1) is 18.9. The van der Waals surface area contributed by atoms with E-state index < -0.39 is 5.82 Å². The molecule has 1 aliphatic rings. The SMILES string of the molecule is C[C@H](CO)Cc1nnn(-c2ccc(Oc3ncc(C4=NCC=C4)cc3F)cc2)n1. The van der Waals surface area contributed by atoms with Crippen LogP contribution in [0.2, 0.25) is 0 Å². The molecule has 0 aliphatic carbocycles. The molecule has 8 nitrogen and oxygen atoms in total. The highest BCUT2D eigenvalue weighted by Crippen LogP contribution is 2.24. The second-order valence-electron chi connectivity index (χ2n) is 6.72. The Balaban J connectivity index is 1.45. The number of pyridine rings is 1. The Kier molecular flexibility index (Phi) is 5.39. The van der Waals surface area contributed by atoms with E-state index in [0.29, 0.717) is 41.5 Å². The lowest BCUT2D eigenvalue weighted by molar-refractivity contribution is 0.235. The zero-order valence-electron chi connectivity index (χ0n) is 15.7. The molecular formula is C20H19FN6O2. The standard InChI is InChI=1S/C20H19FN6O2/c1-13(12-28)9-19-24-26-27(25-19)15-4-6-16(7-5-15)29-20-17(21)10-14(11-23-20)18-3-2-8-22-18/h2-7,10-11,13,28H,8-9,12H2,1H3/t13-/m0/s1. The summed E-state index contributed by atoms with van der Waals surface area (Å²) in [5.74, 6) is 0.382. The van der Waals surface area contributed by atoms with E-state index in [1.165, 1.54) is 17.1 Å². The number of tetrazole rings is 1. The van der Waals surface area contributed by atoms with E-state index in [4.69, 9.17) is 9.84 Å². The van der Waals surface area contributed by atoms with Crippen LogP contribution in [0.15, 0.2) is 53.7 Å². The van der Waals surface area contributed by atoms with E-state index in [0.717, 1.165) is 0 Å². The van der Waals surface area contributed by atoms with Crippen molar-refractivity contribution >= 4 is 5.71 Å². The molecule has 1 N–H and O–H groups in total. The third kappa shape index (κ3) is 4.35. The van der Waals surface area contributed by atoms with Crippen LogP contribution >= 0.6 is 0 Å². The molecule has 1 aliphatic heterocycles. The summed E-state index contributed by atoms with van der Waals surface area (Å²) < 4.78 is 19.9. The first-order valence-electron chi connectivity index (χ1n) is 9.17. The first-order valence-corrected chi connectivity index (χ1v) is 9.17. The zero-order valence-corrected chi connectivity index (χ0v) is 15.7. The molecule has 1 atom stereocenters. The predicted octanol–water partition coefficient (Wildman–Crippen LogP) is 2.52. The first-order chi connectivity index (χ1) is 14.1. The lowest BCUT2D eigenvalue weighted by Gasteiger charge is -2.07. The predicted molar refractivity (Wildman–Crippen MR) is 104 cm³/mol. The Labute approximate surface area is 166 Å². The number of nitrogens with zero attached hydrogens (tertiary/aromatic N) is 6. The van der Waals surface area contributed by atoms with Gasteiger partial charge >= 0.3 is 0 Å². The van der Waals surface area contributed by atoms with Gasteiger partial charge in [0, 0.05) is 24.8 Å². The summed E-state index contributed by atoms with van der Waals surface area (Å²) in [6.45, 7) is 2.57. The molecule has 0 bridgehead atoms. The molecule has 0 radical (unpaired) electrons. The van der Waals surface area contributed by atoms with Gasteiger partial charge in [0.05, 0.1) is 17.9 Å². The average molecular weight is 394 g/mol. The Bertz CT molecular complexity index is 1060. The largest absolute Gasteiger partial charge is 0.436 e. The van der Waals surface area contributed by atoms with Crippen LogP contribution in [-0.4, -0.2) is 49.2 Å².